The van der Waals surface area contributed by atoms with E-state index >= 15 is 0 Å². The average Bonchev–Trinajstić information content (AvgIpc) is 2.36. The van der Waals surface area contributed by atoms with Crippen molar-refractivity contribution < 1.29 is 12.2 Å². The minimum Gasteiger partial charge on any atom is -0.497 e. The smallest absolute Gasteiger partial charge is 0.164 e. The van der Waals surface area contributed by atoms with Gasteiger partial charge in [0.25, 0.3) is 0 Å². The SMILES string of the molecule is [2H]c1ncnc([2H])c1Oc1cc(OC)ccc1Cl. The molecular weight excluding hydrogens is 228 g/mol. The molecule has 2 aromatic rings. The molecule has 16 heavy (non-hydrogen) atoms. The predicted octanol–water partition coefficient (Wildman–Crippen LogP) is 2.93. The molecular formula is C11H9ClN2O2. The molecule has 1 aromatic carbocycles. The van der Waals surface area contributed by atoms with Crippen molar-refractivity contribution in [2.45, 2.75) is 0 Å². The van der Waals surface area contributed by atoms with Gasteiger partial charge in [-0.05, 0) is 12.1 Å². The summed E-state index contributed by atoms with van der Waals surface area (Å²) >= 11 is 5.96. The Bertz CT molecular complexity index is 561. The molecule has 1 aromatic heterocycles. The highest BCUT2D eigenvalue weighted by molar-refractivity contribution is 6.32. The van der Waals surface area contributed by atoms with Crippen molar-refractivity contribution in [1.82, 2.24) is 9.97 Å². The van der Waals surface area contributed by atoms with E-state index in [0.29, 0.717) is 10.8 Å². The number of nitrogens with zero attached hydrogens (tertiary/aromatic N) is 2. The molecule has 82 valence electrons. The van der Waals surface area contributed by atoms with Gasteiger partial charge in [-0.2, -0.15) is 0 Å². The van der Waals surface area contributed by atoms with Gasteiger partial charge >= 0.3 is 0 Å². The Balaban J connectivity index is 2.39. The first-order valence-corrected chi connectivity index (χ1v) is 4.79. The number of methoxy groups -OCH3 is 1. The largest absolute Gasteiger partial charge is 0.497 e. The molecule has 5 heteroatoms. The number of hydrogen-bond acceptors (Lipinski definition) is 4. The summed E-state index contributed by atoms with van der Waals surface area (Å²) in [5.41, 5.74) is 0. The maximum absolute atomic E-state index is 7.56. The normalized spacial score (nSPS) is 11.6. The molecule has 0 aliphatic rings. The van der Waals surface area contributed by atoms with E-state index in [-0.39, 0.29) is 23.8 Å². The molecule has 0 radical (unpaired) electrons. The standard InChI is InChI=1S/C11H9ClN2O2/c1-15-8-2-3-10(12)11(4-8)16-9-5-13-7-14-6-9/h2-7H,1H3/i5D,6D. The van der Waals surface area contributed by atoms with Crippen molar-refractivity contribution in [3.05, 3.63) is 41.9 Å². The summed E-state index contributed by atoms with van der Waals surface area (Å²) in [6, 6.07) is 4.85. The van der Waals surface area contributed by atoms with Crippen molar-refractivity contribution in [3.8, 4) is 17.2 Å². The van der Waals surface area contributed by atoms with Gasteiger partial charge in [-0.15, -0.1) is 0 Å². The van der Waals surface area contributed by atoms with Gasteiger partial charge in [0.15, 0.2) is 5.75 Å². The van der Waals surface area contributed by atoms with Gasteiger partial charge in [0.05, 0.1) is 27.2 Å². The maximum atomic E-state index is 7.56. The van der Waals surface area contributed by atoms with Gasteiger partial charge in [-0.1, -0.05) is 11.6 Å². The summed E-state index contributed by atoms with van der Waals surface area (Å²) in [4.78, 5) is 7.29. The van der Waals surface area contributed by atoms with Gasteiger partial charge in [0, 0.05) is 6.07 Å². The summed E-state index contributed by atoms with van der Waals surface area (Å²) < 4.78 is 25.6. The van der Waals surface area contributed by atoms with Crippen LogP contribution in [0.4, 0.5) is 0 Å². The van der Waals surface area contributed by atoms with E-state index in [2.05, 4.69) is 9.97 Å². The van der Waals surface area contributed by atoms with Crippen LogP contribution in [0, 0.1) is 0 Å². The van der Waals surface area contributed by atoms with E-state index in [4.69, 9.17) is 23.8 Å². The summed E-state index contributed by atoms with van der Waals surface area (Å²) in [6.45, 7) is 0. The summed E-state index contributed by atoms with van der Waals surface area (Å²) in [5, 5.41) is 0.346. The van der Waals surface area contributed by atoms with Gasteiger partial charge in [0.1, 0.15) is 17.8 Å². The summed E-state index contributed by atoms with van der Waals surface area (Å²) in [7, 11) is 1.52. The second-order valence-electron chi connectivity index (χ2n) is 2.82. The Morgan fingerprint density at radius 3 is 2.69 bits per heavy atom. The Morgan fingerprint density at radius 2 is 2.00 bits per heavy atom. The molecule has 4 nitrogen and oxygen atoms in total. The van der Waals surface area contributed by atoms with Crippen molar-refractivity contribution in [2.75, 3.05) is 7.11 Å². The van der Waals surface area contributed by atoms with Crippen LogP contribution in [-0.2, 0) is 0 Å². The van der Waals surface area contributed by atoms with E-state index in [1.807, 2.05) is 0 Å². The fraction of sp³-hybridized carbons (Fsp3) is 0.0909. The van der Waals surface area contributed by atoms with Crippen LogP contribution in [0.25, 0.3) is 0 Å². The van der Waals surface area contributed by atoms with E-state index < -0.39 is 0 Å². The number of aromatic nitrogens is 2. The van der Waals surface area contributed by atoms with Crippen molar-refractivity contribution >= 4 is 11.6 Å². The topological polar surface area (TPSA) is 44.2 Å². The molecule has 0 atom stereocenters. The quantitative estimate of drug-likeness (QED) is 0.825. The van der Waals surface area contributed by atoms with Crippen LogP contribution < -0.4 is 9.47 Å². The fourth-order valence-corrected chi connectivity index (χ4v) is 1.23. The number of halogens is 1. The lowest BCUT2D eigenvalue weighted by Crippen LogP contribution is -1.89. The molecule has 0 aliphatic heterocycles. The van der Waals surface area contributed by atoms with E-state index in [1.165, 1.54) is 7.11 Å². The predicted molar refractivity (Wildman–Crippen MR) is 60.1 cm³/mol. The zero-order chi connectivity index (χ0) is 13.1. The van der Waals surface area contributed by atoms with Crippen LogP contribution in [0.5, 0.6) is 17.2 Å². The van der Waals surface area contributed by atoms with Crippen LogP contribution >= 0.6 is 11.6 Å². The van der Waals surface area contributed by atoms with Crippen LogP contribution in [0.2, 0.25) is 5.02 Å². The molecule has 0 spiro atoms. The van der Waals surface area contributed by atoms with E-state index in [9.17, 15) is 0 Å². The highest BCUT2D eigenvalue weighted by atomic mass is 35.5. The third kappa shape index (κ3) is 2.41. The highest BCUT2D eigenvalue weighted by Gasteiger charge is 2.05. The second kappa shape index (κ2) is 4.81. The first-order chi connectivity index (χ1) is 8.61. The molecule has 0 saturated heterocycles. The highest BCUT2D eigenvalue weighted by Crippen LogP contribution is 2.32. The average molecular weight is 239 g/mol. The summed E-state index contributed by atoms with van der Waals surface area (Å²) in [6.07, 6.45) is 0.785. The van der Waals surface area contributed by atoms with Gasteiger partial charge < -0.3 is 9.47 Å². The maximum Gasteiger partial charge on any atom is 0.164 e. The molecule has 0 fully saturated rings. The van der Waals surface area contributed by atoms with Crippen LogP contribution in [0.15, 0.2) is 36.9 Å². The van der Waals surface area contributed by atoms with Gasteiger partial charge in [-0.3, -0.25) is 0 Å². The first-order valence-electron chi connectivity index (χ1n) is 5.41. The number of ether oxygens (including phenoxy) is 2. The first kappa shape index (κ1) is 8.35. The zero-order valence-corrected chi connectivity index (χ0v) is 9.15. The Morgan fingerprint density at radius 1 is 1.25 bits per heavy atom. The van der Waals surface area contributed by atoms with Gasteiger partial charge in [0.2, 0.25) is 0 Å². The zero-order valence-electron chi connectivity index (χ0n) is 10.4. The lowest BCUT2D eigenvalue weighted by Gasteiger charge is -2.08. The number of hydrogen-bond donors (Lipinski definition) is 0. The lowest BCUT2D eigenvalue weighted by atomic mass is 10.3. The second-order valence-corrected chi connectivity index (χ2v) is 3.23. The molecule has 1 heterocycles. The van der Waals surface area contributed by atoms with Crippen LogP contribution in [0.3, 0.4) is 0 Å². The van der Waals surface area contributed by atoms with Crippen LogP contribution in [-0.4, -0.2) is 17.1 Å². The van der Waals surface area contributed by atoms with Crippen molar-refractivity contribution in [1.29, 1.82) is 0 Å². The molecule has 2 rings (SSSR count). The lowest BCUT2D eigenvalue weighted by molar-refractivity contribution is 0.408. The third-order valence-corrected chi connectivity index (χ3v) is 2.11. The molecule has 0 N–H and O–H groups in total. The number of rotatable bonds is 3. The minimum absolute atomic E-state index is 0.0485. The minimum atomic E-state index is -0.172. The fourth-order valence-electron chi connectivity index (χ4n) is 1.07. The summed E-state index contributed by atoms with van der Waals surface area (Å²) in [5.74, 6) is 0.796. The molecule has 0 saturated carbocycles. The Hall–Kier alpha value is -1.81. The van der Waals surface area contributed by atoms with E-state index in [0.717, 1.165) is 6.33 Å². The number of benzene rings is 1. The van der Waals surface area contributed by atoms with Crippen LogP contribution in [0.1, 0.15) is 2.74 Å². The van der Waals surface area contributed by atoms with Gasteiger partial charge in [-0.25, -0.2) is 9.97 Å². The monoisotopic (exact) mass is 238 g/mol. The molecule has 0 aliphatic carbocycles. The third-order valence-electron chi connectivity index (χ3n) is 1.80. The Labute approximate surface area is 101 Å². The van der Waals surface area contributed by atoms with Crippen molar-refractivity contribution in [2.24, 2.45) is 0 Å². The molecule has 0 bridgehead atoms. The van der Waals surface area contributed by atoms with Crippen molar-refractivity contribution in [3.63, 3.8) is 0 Å². The Kier molecular flexibility index (Phi) is 2.51. The molecule has 0 amide bonds. The molecule has 0 unspecified atom stereocenters. The van der Waals surface area contributed by atoms with E-state index in [1.54, 1.807) is 18.2 Å².